The van der Waals surface area contributed by atoms with Crippen molar-refractivity contribution in [3.8, 4) is 11.5 Å². The molecule has 0 aromatic heterocycles. The summed E-state index contributed by atoms with van der Waals surface area (Å²) in [4.78, 5) is 0. The Morgan fingerprint density at radius 2 is 1.88 bits per heavy atom. The number of anilines is 1. The summed E-state index contributed by atoms with van der Waals surface area (Å²) < 4.78 is 6.60. The number of nitrogen functional groups attached to an aromatic ring is 1. The molecule has 0 bridgehead atoms. The Balaban J connectivity index is 2.34. The van der Waals surface area contributed by atoms with Crippen molar-refractivity contribution in [1.82, 2.24) is 0 Å². The highest BCUT2D eigenvalue weighted by Gasteiger charge is 2.06. The largest absolute Gasteiger partial charge is 0.454 e. The Hall–Kier alpha value is -1.19. The first kappa shape index (κ1) is 12.3. The van der Waals surface area contributed by atoms with Gasteiger partial charge >= 0.3 is 0 Å². The number of aryl methyl sites for hydroxylation is 1. The molecule has 0 aliphatic carbocycles. The summed E-state index contributed by atoms with van der Waals surface area (Å²) >= 11 is 9.47. The van der Waals surface area contributed by atoms with Gasteiger partial charge in [0.25, 0.3) is 0 Å². The van der Waals surface area contributed by atoms with Gasteiger partial charge in [0.15, 0.2) is 5.75 Å². The van der Waals surface area contributed by atoms with Gasteiger partial charge in [-0.1, -0.05) is 33.6 Å². The van der Waals surface area contributed by atoms with Crippen molar-refractivity contribution in [2.24, 2.45) is 0 Å². The first-order chi connectivity index (χ1) is 8.06. The second-order valence-corrected chi connectivity index (χ2v) is 5.04. The smallest absolute Gasteiger partial charge is 0.151 e. The number of halogens is 2. The fourth-order valence-corrected chi connectivity index (χ4v) is 2.02. The van der Waals surface area contributed by atoms with E-state index in [0.717, 1.165) is 10.0 Å². The molecule has 0 amide bonds. The van der Waals surface area contributed by atoms with Gasteiger partial charge in [-0.2, -0.15) is 0 Å². The maximum Gasteiger partial charge on any atom is 0.151 e. The summed E-state index contributed by atoms with van der Waals surface area (Å²) in [6.07, 6.45) is 0. The van der Waals surface area contributed by atoms with E-state index in [9.17, 15) is 0 Å². The summed E-state index contributed by atoms with van der Waals surface area (Å²) in [5.74, 6) is 1.19. The van der Waals surface area contributed by atoms with E-state index in [1.807, 2.05) is 37.3 Å². The van der Waals surface area contributed by atoms with Gasteiger partial charge in [0.1, 0.15) is 5.75 Å². The first-order valence-corrected chi connectivity index (χ1v) is 6.22. The van der Waals surface area contributed by atoms with E-state index in [-0.39, 0.29) is 0 Å². The molecule has 17 heavy (non-hydrogen) atoms. The van der Waals surface area contributed by atoms with Gasteiger partial charge in [-0.25, -0.2) is 0 Å². The van der Waals surface area contributed by atoms with Crippen LogP contribution in [0.2, 0.25) is 5.02 Å². The van der Waals surface area contributed by atoms with Gasteiger partial charge in [-0.15, -0.1) is 0 Å². The van der Waals surface area contributed by atoms with Crippen molar-refractivity contribution in [2.75, 3.05) is 5.73 Å². The van der Waals surface area contributed by atoms with Crippen LogP contribution in [-0.4, -0.2) is 0 Å². The van der Waals surface area contributed by atoms with E-state index in [2.05, 4.69) is 15.9 Å². The molecule has 0 heterocycles. The van der Waals surface area contributed by atoms with Crippen LogP contribution in [0.5, 0.6) is 11.5 Å². The number of hydrogen-bond donors (Lipinski definition) is 1. The Bertz CT molecular complexity index is 557. The minimum Gasteiger partial charge on any atom is -0.454 e. The summed E-state index contributed by atoms with van der Waals surface area (Å²) in [7, 11) is 0. The predicted molar refractivity (Wildman–Crippen MR) is 74.8 cm³/mol. The highest BCUT2D eigenvalue weighted by atomic mass is 79.9. The molecule has 88 valence electrons. The summed E-state index contributed by atoms with van der Waals surface area (Å²) in [6, 6.07) is 11.1. The van der Waals surface area contributed by atoms with Crippen LogP contribution in [0.15, 0.2) is 40.9 Å². The molecular weight excluding hydrogens is 302 g/mol. The van der Waals surface area contributed by atoms with E-state index in [0.29, 0.717) is 22.2 Å². The lowest BCUT2D eigenvalue weighted by molar-refractivity contribution is 0.485. The normalized spacial score (nSPS) is 10.3. The van der Waals surface area contributed by atoms with Crippen LogP contribution < -0.4 is 10.5 Å². The van der Waals surface area contributed by atoms with Gasteiger partial charge in [0.05, 0.1) is 10.7 Å². The summed E-state index contributed by atoms with van der Waals surface area (Å²) in [5.41, 5.74) is 7.49. The zero-order valence-electron chi connectivity index (χ0n) is 9.21. The second-order valence-electron chi connectivity index (χ2n) is 3.72. The minimum atomic E-state index is 0.573. The molecule has 2 nitrogen and oxygen atoms in total. The number of hydrogen-bond acceptors (Lipinski definition) is 2. The first-order valence-electron chi connectivity index (χ1n) is 5.05. The third-order valence-electron chi connectivity index (χ3n) is 2.28. The van der Waals surface area contributed by atoms with Crippen LogP contribution in [0, 0.1) is 6.92 Å². The van der Waals surface area contributed by atoms with E-state index < -0.39 is 0 Å². The van der Waals surface area contributed by atoms with Crippen LogP contribution in [0.4, 0.5) is 5.69 Å². The van der Waals surface area contributed by atoms with Gasteiger partial charge in [0, 0.05) is 4.47 Å². The molecule has 4 heteroatoms. The molecule has 0 aliphatic rings. The van der Waals surface area contributed by atoms with Crippen LogP contribution in [0.1, 0.15) is 5.56 Å². The fourth-order valence-electron chi connectivity index (χ4n) is 1.40. The van der Waals surface area contributed by atoms with E-state index in [1.54, 1.807) is 6.07 Å². The number of rotatable bonds is 2. The Kier molecular flexibility index (Phi) is 3.60. The minimum absolute atomic E-state index is 0.573. The second kappa shape index (κ2) is 4.98. The Labute approximate surface area is 113 Å². The van der Waals surface area contributed by atoms with E-state index in [1.165, 1.54) is 0 Å². The van der Waals surface area contributed by atoms with Crippen LogP contribution >= 0.6 is 27.5 Å². The lowest BCUT2D eigenvalue weighted by Crippen LogP contribution is -1.92. The highest BCUT2D eigenvalue weighted by molar-refractivity contribution is 9.10. The standard InChI is InChI=1S/C13H11BrClNO/c1-8-2-5-12(10(15)6-8)17-13-7-9(14)3-4-11(13)16/h2-7H,16H2,1H3. The quantitative estimate of drug-likeness (QED) is 0.810. The molecule has 0 atom stereocenters. The van der Waals surface area contributed by atoms with Crippen molar-refractivity contribution in [2.45, 2.75) is 6.92 Å². The zero-order valence-corrected chi connectivity index (χ0v) is 11.5. The summed E-state index contributed by atoms with van der Waals surface area (Å²) in [5, 5.41) is 0.573. The number of ether oxygens (including phenoxy) is 1. The average molecular weight is 313 g/mol. The van der Waals surface area contributed by atoms with Crippen molar-refractivity contribution >= 4 is 33.2 Å². The fraction of sp³-hybridized carbons (Fsp3) is 0.0769. The van der Waals surface area contributed by atoms with E-state index >= 15 is 0 Å². The van der Waals surface area contributed by atoms with E-state index in [4.69, 9.17) is 22.1 Å². The van der Waals surface area contributed by atoms with Crippen molar-refractivity contribution in [3.05, 3.63) is 51.5 Å². The van der Waals surface area contributed by atoms with Crippen LogP contribution in [-0.2, 0) is 0 Å². The lowest BCUT2D eigenvalue weighted by atomic mass is 10.2. The Morgan fingerprint density at radius 3 is 2.59 bits per heavy atom. The van der Waals surface area contributed by atoms with Crippen LogP contribution in [0.25, 0.3) is 0 Å². The van der Waals surface area contributed by atoms with Crippen molar-refractivity contribution < 1.29 is 4.74 Å². The topological polar surface area (TPSA) is 35.2 Å². The predicted octanol–water partition coefficient (Wildman–Crippen LogP) is 4.79. The van der Waals surface area contributed by atoms with Gasteiger partial charge < -0.3 is 10.5 Å². The van der Waals surface area contributed by atoms with Gasteiger partial charge in [-0.3, -0.25) is 0 Å². The lowest BCUT2D eigenvalue weighted by Gasteiger charge is -2.10. The Morgan fingerprint density at radius 1 is 1.12 bits per heavy atom. The summed E-state index contributed by atoms with van der Waals surface area (Å²) in [6.45, 7) is 1.98. The monoisotopic (exact) mass is 311 g/mol. The molecule has 0 unspecified atom stereocenters. The number of benzene rings is 2. The zero-order chi connectivity index (χ0) is 12.4. The number of nitrogens with two attached hydrogens (primary N) is 1. The highest BCUT2D eigenvalue weighted by Crippen LogP contribution is 2.34. The molecule has 2 aromatic carbocycles. The van der Waals surface area contributed by atoms with Crippen molar-refractivity contribution in [3.63, 3.8) is 0 Å². The molecule has 0 aliphatic heterocycles. The SMILES string of the molecule is Cc1ccc(Oc2cc(Br)ccc2N)c(Cl)c1. The van der Waals surface area contributed by atoms with Crippen LogP contribution in [0.3, 0.4) is 0 Å². The van der Waals surface area contributed by atoms with Gasteiger partial charge in [-0.05, 0) is 42.8 Å². The molecule has 2 rings (SSSR count). The molecule has 2 aromatic rings. The molecule has 0 spiro atoms. The maximum absolute atomic E-state index is 6.09. The third kappa shape index (κ3) is 2.93. The third-order valence-corrected chi connectivity index (χ3v) is 3.07. The maximum atomic E-state index is 6.09. The molecule has 0 saturated heterocycles. The molecule has 2 N–H and O–H groups in total. The van der Waals surface area contributed by atoms with Crippen molar-refractivity contribution in [1.29, 1.82) is 0 Å². The van der Waals surface area contributed by atoms with Gasteiger partial charge in [0.2, 0.25) is 0 Å². The molecular formula is C13H11BrClNO. The molecule has 0 saturated carbocycles. The molecule has 0 fully saturated rings. The average Bonchev–Trinajstić information content (AvgIpc) is 2.27. The molecule has 0 radical (unpaired) electrons.